The Morgan fingerprint density at radius 1 is 2.00 bits per heavy atom. The van der Waals surface area contributed by atoms with Gasteiger partial charge in [-0.05, 0) is 0 Å². The number of nitrogens with two attached hydrogens (primary N) is 1. The predicted molar refractivity (Wildman–Crippen MR) is 23.4 cm³/mol. The number of aliphatic hydroxyl groups excluding tert-OH is 1. The molecule has 1 unspecified atom stereocenters. The summed E-state index contributed by atoms with van der Waals surface area (Å²) < 4.78 is 4.29. The van der Waals surface area contributed by atoms with Crippen molar-refractivity contribution < 1.29 is 14.6 Å². The van der Waals surface area contributed by atoms with Crippen LogP contribution < -0.4 is 5.84 Å². The van der Waals surface area contributed by atoms with E-state index in [0.717, 1.165) is 0 Å². The Kier molecular flexibility index (Phi) is 1.07. The van der Waals surface area contributed by atoms with E-state index < -0.39 is 12.3 Å². The largest absolute Gasteiger partial charge is 0.444 e. The van der Waals surface area contributed by atoms with E-state index in [-0.39, 0.29) is 6.61 Å². The molecule has 1 aliphatic heterocycles. The summed E-state index contributed by atoms with van der Waals surface area (Å²) >= 11 is 0. The molecule has 1 rings (SSSR count). The minimum atomic E-state index is -0.970. The molecule has 0 spiro atoms. The van der Waals surface area contributed by atoms with E-state index in [0.29, 0.717) is 5.01 Å². The molecule has 0 aromatic heterocycles. The number of hydrogen-bond donors (Lipinski definition) is 2. The summed E-state index contributed by atoms with van der Waals surface area (Å²) in [4.78, 5) is 10.2. The summed E-state index contributed by atoms with van der Waals surface area (Å²) in [5, 5.41) is 9.26. The Morgan fingerprint density at radius 2 is 2.62 bits per heavy atom. The van der Waals surface area contributed by atoms with Gasteiger partial charge in [-0.3, -0.25) is 0 Å². The van der Waals surface area contributed by atoms with Crippen LogP contribution in [0.5, 0.6) is 0 Å². The van der Waals surface area contributed by atoms with Crippen LogP contribution in [0.3, 0.4) is 0 Å². The summed E-state index contributed by atoms with van der Waals surface area (Å²) in [6, 6.07) is 0. The van der Waals surface area contributed by atoms with Crippen LogP contribution in [-0.4, -0.2) is 29.0 Å². The zero-order valence-corrected chi connectivity index (χ0v) is 4.07. The number of rotatable bonds is 0. The highest BCUT2D eigenvalue weighted by molar-refractivity contribution is 5.68. The third-order valence-corrected chi connectivity index (χ3v) is 0.888. The fourth-order valence-corrected chi connectivity index (χ4v) is 0.422. The molecule has 5 heteroatoms. The minimum absolute atomic E-state index is 0.0324. The number of hydrogen-bond acceptors (Lipinski definition) is 4. The maximum atomic E-state index is 10.2. The van der Waals surface area contributed by atoms with Gasteiger partial charge in [0.1, 0.15) is 6.61 Å². The van der Waals surface area contributed by atoms with Gasteiger partial charge in [-0.2, -0.15) is 0 Å². The second-order valence-corrected chi connectivity index (χ2v) is 1.46. The number of carbonyl (C=O) groups is 1. The molecule has 1 atom stereocenters. The third kappa shape index (κ3) is 0.613. The van der Waals surface area contributed by atoms with Crippen molar-refractivity contribution in [2.24, 2.45) is 5.84 Å². The first-order valence-electron chi connectivity index (χ1n) is 2.10. The molecule has 0 saturated carbocycles. The first-order chi connectivity index (χ1) is 3.72. The van der Waals surface area contributed by atoms with Crippen LogP contribution in [0, 0.1) is 0 Å². The van der Waals surface area contributed by atoms with Crippen molar-refractivity contribution in [3.8, 4) is 0 Å². The van der Waals surface area contributed by atoms with E-state index in [4.69, 9.17) is 10.9 Å². The van der Waals surface area contributed by atoms with Gasteiger partial charge in [-0.15, -0.1) is 0 Å². The summed E-state index contributed by atoms with van der Waals surface area (Å²) in [6.45, 7) is -0.0324. The normalized spacial score (nSPS) is 28.5. The highest BCUT2D eigenvalue weighted by atomic mass is 16.6. The molecule has 1 heterocycles. The first-order valence-corrected chi connectivity index (χ1v) is 2.10. The van der Waals surface area contributed by atoms with E-state index in [9.17, 15) is 4.79 Å². The molecule has 1 aliphatic rings. The molecule has 8 heavy (non-hydrogen) atoms. The van der Waals surface area contributed by atoms with Gasteiger partial charge in [0.25, 0.3) is 0 Å². The monoisotopic (exact) mass is 118 g/mol. The Bertz CT molecular complexity index is 115. The number of hydrazine groups is 1. The maximum Gasteiger partial charge on any atom is 0.426 e. The molecule has 0 radical (unpaired) electrons. The number of aliphatic hydroxyl groups is 1. The molecule has 0 aromatic rings. The molecular weight excluding hydrogens is 112 g/mol. The SMILES string of the molecule is NN1C(=O)OCC1O. The summed E-state index contributed by atoms with van der Waals surface area (Å²) in [5.74, 6) is 4.93. The summed E-state index contributed by atoms with van der Waals surface area (Å²) in [6.07, 6.45) is -1.65. The Balaban J connectivity index is 2.56. The van der Waals surface area contributed by atoms with E-state index in [1.54, 1.807) is 0 Å². The van der Waals surface area contributed by atoms with Crippen LogP contribution in [-0.2, 0) is 4.74 Å². The lowest BCUT2D eigenvalue weighted by Gasteiger charge is -2.06. The number of cyclic esters (lactones) is 1. The quantitative estimate of drug-likeness (QED) is 0.304. The van der Waals surface area contributed by atoms with Gasteiger partial charge in [-0.1, -0.05) is 0 Å². The summed E-state index contributed by atoms with van der Waals surface area (Å²) in [7, 11) is 0. The van der Waals surface area contributed by atoms with Crippen molar-refractivity contribution in [3.63, 3.8) is 0 Å². The van der Waals surface area contributed by atoms with Crippen molar-refractivity contribution in [3.05, 3.63) is 0 Å². The molecule has 0 aromatic carbocycles. The zero-order valence-electron chi connectivity index (χ0n) is 4.07. The molecule has 5 nitrogen and oxygen atoms in total. The molecule has 1 amide bonds. The number of carbonyl (C=O) groups excluding carboxylic acids is 1. The lowest BCUT2D eigenvalue weighted by molar-refractivity contribution is 0.0595. The maximum absolute atomic E-state index is 10.2. The standard InChI is InChI=1S/C3H6N2O3/c4-5-2(6)1-8-3(5)7/h2,6H,1,4H2. The molecule has 0 bridgehead atoms. The summed E-state index contributed by atoms with van der Waals surface area (Å²) in [5.41, 5.74) is 0. The third-order valence-electron chi connectivity index (χ3n) is 0.888. The van der Waals surface area contributed by atoms with Gasteiger partial charge in [0, 0.05) is 0 Å². The van der Waals surface area contributed by atoms with Crippen molar-refractivity contribution in [1.29, 1.82) is 0 Å². The van der Waals surface area contributed by atoms with Gasteiger partial charge >= 0.3 is 6.09 Å². The second kappa shape index (κ2) is 1.61. The van der Waals surface area contributed by atoms with Crippen molar-refractivity contribution >= 4 is 6.09 Å². The van der Waals surface area contributed by atoms with E-state index in [1.165, 1.54) is 0 Å². The van der Waals surface area contributed by atoms with Gasteiger partial charge in [-0.25, -0.2) is 15.6 Å². The number of ether oxygens (including phenoxy) is 1. The van der Waals surface area contributed by atoms with Crippen LogP contribution >= 0.6 is 0 Å². The lowest BCUT2D eigenvalue weighted by Crippen LogP contribution is -2.39. The smallest absolute Gasteiger partial charge is 0.426 e. The van der Waals surface area contributed by atoms with E-state index >= 15 is 0 Å². The van der Waals surface area contributed by atoms with Crippen LogP contribution in [0.4, 0.5) is 4.79 Å². The lowest BCUT2D eigenvalue weighted by atomic mass is 10.6. The number of amides is 1. The highest BCUT2D eigenvalue weighted by Crippen LogP contribution is 2.02. The molecular formula is C3H6N2O3. The van der Waals surface area contributed by atoms with Crippen LogP contribution in [0.25, 0.3) is 0 Å². The molecule has 1 fully saturated rings. The molecule has 1 saturated heterocycles. The highest BCUT2D eigenvalue weighted by Gasteiger charge is 2.27. The Hall–Kier alpha value is -0.810. The fraction of sp³-hybridized carbons (Fsp3) is 0.667. The fourth-order valence-electron chi connectivity index (χ4n) is 0.422. The van der Waals surface area contributed by atoms with Gasteiger partial charge in [0.05, 0.1) is 0 Å². The average molecular weight is 118 g/mol. The Labute approximate surface area is 45.6 Å². The topological polar surface area (TPSA) is 75.8 Å². The van der Waals surface area contributed by atoms with Gasteiger partial charge < -0.3 is 9.84 Å². The van der Waals surface area contributed by atoms with Crippen LogP contribution in [0.2, 0.25) is 0 Å². The van der Waals surface area contributed by atoms with E-state index in [1.807, 2.05) is 0 Å². The zero-order chi connectivity index (χ0) is 6.15. The van der Waals surface area contributed by atoms with Gasteiger partial charge in [0.15, 0.2) is 6.23 Å². The van der Waals surface area contributed by atoms with Crippen molar-refractivity contribution in [1.82, 2.24) is 5.01 Å². The number of nitrogens with zero attached hydrogens (tertiary/aromatic N) is 1. The first kappa shape index (κ1) is 5.33. The average Bonchev–Trinajstić information content (AvgIpc) is 1.98. The minimum Gasteiger partial charge on any atom is -0.444 e. The molecule has 3 N–H and O–H groups in total. The van der Waals surface area contributed by atoms with Gasteiger partial charge in [0.2, 0.25) is 0 Å². The predicted octanol–water partition coefficient (Wildman–Crippen LogP) is -1.37. The molecule has 0 aliphatic carbocycles. The van der Waals surface area contributed by atoms with E-state index in [2.05, 4.69) is 4.74 Å². The Morgan fingerprint density at radius 3 is 2.75 bits per heavy atom. The molecule has 46 valence electrons. The van der Waals surface area contributed by atoms with Crippen LogP contribution in [0.1, 0.15) is 0 Å². The second-order valence-electron chi connectivity index (χ2n) is 1.46. The van der Waals surface area contributed by atoms with Crippen LogP contribution in [0.15, 0.2) is 0 Å². The van der Waals surface area contributed by atoms with Crippen molar-refractivity contribution in [2.75, 3.05) is 6.61 Å². The van der Waals surface area contributed by atoms with Crippen molar-refractivity contribution in [2.45, 2.75) is 6.23 Å².